The summed E-state index contributed by atoms with van der Waals surface area (Å²) in [4.78, 5) is 0. The quantitative estimate of drug-likeness (QED) is 0.699. The van der Waals surface area contributed by atoms with Crippen LogP contribution < -0.4 is 16.8 Å². The molecule has 98 valence electrons. The Morgan fingerprint density at radius 2 is 2.06 bits per heavy atom. The monoisotopic (exact) mass is 259 g/mol. The van der Waals surface area contributed by atoms with Gasteiger partial charge in [0, 0.05) is 11.3 Å². The van der Waals surface area contributed by atoms with Crippen LogP contribution in [0.15, 0.2) is 30.3 Å². The lowest BCUT2D eigenvalue weighted by atomic mass is 9.89. The Balaban J connectivity index is 2.54. The van der Waals surface area contributed by atoms with Crippen molar-refractivity contribution in [1.82, 2.24) is 5.32 Å². The van der Waals surface area contributed by atoms with E-state index in [4.69, 9.17) is 16.2 Å². The molecular formula is C11H12F3N3O. The Labute approximate surface area is 101 Å². The molecule has 1 aromatic carbocycles. The molecule has 7 heteroatoms. The van der Waals surface area contributed by atoms with Crippen LogP contribution in [0.3, 0.4) is 0 Å². The van der Waals surface area contributed by atoms with Gasteiger partial charge in [-0.15, -0.1) is 0 Å². The molecule has 4 nitrogen and oxygen atoms in total. The minimum absolute atomic E-state index is 0.0941. The third-order valence-corrected chi connectivity index (χ3v) is 2.73. The van der Waals surface area contributed by atoms with E-state index in [0.29, 0.717) is 0 Å². The number of rotatable bonds is 2. The Kier molecular flexibility index (Phi) is 2.98. The van der Waals surface area contributed by atoms with Gasteiger partial charge in [-0.2, -0.15) is 0 Å². The molecule has 1 aliphatic heterocycles. The Morgan fingerprint density at radius 3 is 2.67 bits per heavy atom. The van der Waals surface area contributed by atoms with Crippen molar-refractivity contribution in [3.05, 3.63) is 41.7 Å². The van der Waals surface area contributed by atoms with Gasteiger partial charge in [0.2, 0.25) is 0 Å². The van der Waals surface area contributed by atoms with Gasteiger partial charge in [0.05, 0.1) is 0 Å². The summed E-state index contributed by atoms with van der Waals surface area (Å²) in [5, 5.41) is 2.38. The predicted molar refractivity (Wildman–Crippen MR) is 59.9 cm³/mol. The highest BCUT2D eigenvalue weighted by Crippen LogP contribution is 2.34. The molecule has 0 spiro atoms. The maximum Gasteiger partial charge on any atom is 0.268 e. The minimum atomic E-state index is -2.92. The minimum Gasteiger partial charge on any atom is -0.494 e. The lowest BCUT2D eigenvalue weighted by molar-refractivity contribution is -0.0211. The number of nitrogen functional groups attached to an aromatic ring is 1. The van der Waals surface area contributed by atoms with E-state index in [1.807, 2.05) is 0 Å². The van der Waals surface area contributed by atoms with Crippen LogP contribution in [-0.2, 0) is 10.3 Å². The van der Waals surface area contributed by atoms with Crippen molar-refractivity contribution in [2.45, 2.75) is 12.0 Å². The molecule has 2 rings (SSSR count). The van der Waals surface area contributed by atoms with E-state index < -0.39 is 24.4 Å². The summed E-state index contributed by atoms with van der Waals surface area (Å²) >= 11 is 0. The molecule has 0 fully saturated rings. The molecule has 0 saturated carbocycles. The van der Waals surface area contributed by atoms with Crippen molar-refractivity contribution in [3.63, 3.8) is 0 Å². The van der Waals surface area contributed by atoms with Crippen LogP contribution >= 0.6 is 0 Å². The average Bonchev–Trinajstić information content (AvgIpc) is 2.32. The fourth-order valence-corrected chi connectivity index (χ4v) is 1.85. The molecular weight excluding hydrogens is 247 g/mol. The van der Waals surface area contributed by atoms with Crippen LogP contribution in [-0.4, -0.2) is 13.0 Å². The first-order chi connectivity index (χ1) is 8.45. The maximum absolute atomic E-state index is 13.7. The number of anilines is 1. The van der Waals surface area contributed by atoms with Gasteiger partial charge in [-0.05, 0) is 18.2 Å². The number of benzene rings is 1. The molecule has 5 N–H and O–H groups in total. The molecule has 18 heavy (non-hydrogen) atoms. The summed E-state index contributed by atoms with van der Waals surface area (Å²) in [5.74, 6) is -0.890. The summed E-state index contributed by atoms with van der Waals surface area (Å²) in [6.07, 6.45) is -1.81. The first kappa shape index (κ1) is 12.4. The highest BCUT2D eigenvalue weighted by molar-refractivity contribution is 5.45. The Morgan fingerprint density at radius 1 is 1.33 bits per heavy atom. The number of nitrogens with one attached hydrogen (secondary N) is 1. The second-order valence-electron chi connectivity index (χ2n) is 4.02. The van der Waals surface area contributed by atoms with Gasteiger partial charge >= 0.3 is 0 Å². The third-order valence-electron chi connectivity index (χ3n) is 2.73. The van der Waals surface area contributed by atoms with Crippen molar-refractivity contribution >= 4 is 5.69 Å². The zero-order valence-corrected chi connectivity index (χ0v) is 9.29. The number of alkyl halides is 2. The second-order valence-corrected chi connectivity index (χ2v) is 4.02. The largest absolute Gasteiger partial charge is 0.494 e. The Hall–Kier alpha value is -2.05. The molecule has 0 radical (unpaired) electrons. The summed E-state index contributed by atoms with van der Waals surface area (Å²) < 4.78 is 45.2. The van der Waals surface area contributed by atoms with Crippen molar-refractivity contribution < 1.29 is 17.9 Å². The van der Waals surface area contributed by atoms with Crippen molar-refractivity contribution in [1.29, 1.82) is 0 Å². The molecule has 0 amide bonds. The van der Waals surface area contributed by atoms with Gasteiger partial charge in [-0.25, -0.2) is 13.2 Å². The summed E-state index contributed by atoms with van der Waals surface area (Å²) in [7, 11) is 0. The zero-order valence-electron chi connectivity index (χ0n) is 9.29. The highest BCUT2D eigenvalue weighted by atomic mass is 19.3. The molecule has 0 aromatic heterocycles. The SMILES string of the molecule is NC1=COC[C@](c2cc(N)ccc2F)(C(F)F)N1. The molecule has 0 aliphatic carbocycles. The molecule has 1 atom stereocenters. The summed E-state index contributed by atoms with van der Waals surface area (Å²) in [6, 6.07) is 3.47. The summed E-state index contributed by atoms with van der Waals surface area (Å²) in [6.45, 7) is -0.439. The van der Waals surface area contributed by atoms with E-state index >= 15 is 0 Å². The van der Waals surface area contributed by atoms with Crippen molar-refractivity contribution in [2.24, 2.45) is 5.73 Å². The number of halogens is 3. The number of nitrogens with two attached hydrogens (primary N) is 2. The standard InChI is InChI=1S/C11H12F3N3O/c12-8-2-1-6(15)3-7(8)11(10(13)14)5-18-4-9(16)17-11/h1-4,10,17H,5,15-16H2/t11-/m0/s1. The number of ether oxygens (including phenoxy) is 1. The zero-order chi connectivity index (χ0) is 13.3. The lowest BCUT2D eigenvalue weighted by Crippen LogP contribution is -2.55. The van der Waals surface area contributed by atoms with Crippen LogP contribution in [0.4, 0.5) is 18.9 Å². The predicted octanol–water partition coefficient (Wildman–Crippen LogP) is 1.25. The maximum atomic E-state index is 13.7. The van der Waals surface area contributed by atoms with Crippen molar-refractivity contribution in [2.75, 3.05) is 12.3 Å². The molecule has 1 aromatic rings. The van der Waals surface area contributed by atoms with E-state index in [-0.39, 0.29) is 17.1 Å². The van der Waals surface area contributed by atoms with Crippen LogP contribution in [0.1, 0.15) is 5.56 Å². The normalized spacial score (nSPS) is 23.2. The Bertz CT molecular complexity index is 492. The topological polar surface area (TPSA) is 73.3 Å². The molecule has 0 saturated heterocycles. The molecule has 1 aliphatic rings. The number of hydrogen-bond donors (Lipinski definition) is 3. The molecule has 1 heterocycles. The fraction of sp³-hybridized carbons (Fsp3) is 0.273. The van der Waals surface area contributed by atoms with Gasteiger partial charge in [0.25, 0.3) is 6.43 Å². The van der Waals surface area contributed by atoms with Gasteiger partial charge in [0.15, 0.2) is 5.54 Å². The third kappa shape index (κ3) is 1.92. The highest BCUT2D eigenvalue weighted by Gasteiger charge is 2.46. The van der Waals surface area contributed by atoms with Gasteiger partial charge in [-0.1, -0.05) is 0 Å². The van der Waals surface area contributed by atoms with Crippen LogP contribution in [0.2, 0.25) is 0 Å². The van der Waals surface area contributed by atoms with Crippen LogP contribution in [0.5, 0.6) is 0 Å². The van der Waals surface area contributed by atoms with E-state index in [1.54, 1.807) is 0 Å². The number of hydrogen-bond acceptors (Lipinski definition) is 4. The smallest absolute Gasteiger partial charge is 0.268 e. The van der Waals surface area contributed by atoms with E-state index in [0.717, 1.165) is 18.4 Å². The van der Waals surface area contributed by atoms with Crippen LogP contribution in [0, 0.1) is 5.82 Å². The first-order valence-corrected chi connectivity index (χ1v) is 5.15. The van der Waals surface area contributed by atoms with E-state index in [1.165, 1.54) is 6.07 Å². The van der Waals surface area contributed by atoms with E-state index in [9.17, 15) is 13.2 Å². The summed E-state index contributed by atoms with van der Waals surface area (Å²) in [5.41, 5.74) is 8.80. The second kappa shape index (κ2) is 4.32. The van der Waals surface area contributed by atoms with Crippen LogP contribution in [0.25, 0.3) is 0 Å². The van der Waals surface area contributed by atoms with Gasteiger partial charge < -0.3 is 21.5 Å². The van der Waals surface area contributed by atoms with E-state index in [2.05, 4.69) is 5.32 Å². The molecule has 0 unspecified atom stereocenters. The average molecular weight is 259 g/mol. The first-order valence-electron chi connectivity index (χ1n) is 5.15. The van der Waals surface area contributed by atoms with Gasteiger partial charge in [0.1, 0.15) is 24.5 Å². The molecule has 0 bridgehead atoms. The van der Waals surface area contributed by atoms with Crippen molar-refractivity contribution in [3.8, 4) is 0 Å². The fourth-order valence-electron chi connectivity index (χ4n) is 1.85. The lowest BCUT2D eigenvalue weighted by Gasteiger charge is -2.37. The van der Waals surface area contributed by atoms with Gasteiger partial charge in [-0.3, -0.25) is 0 Å².